The van der Waals surface area contributed by atoms with Gasteiger partial charge in [-0.15, -0.1) is 0 Å². The lowest BCUT2D eigenvalue weighted by molar-refractivity contribution is 0.476. The fourth-order valence-electron chi connectivity index (χ4n) is 2.82. The Kier molecular flexibility index (Phi) is 5.40. The highest BCUT2D eigenvalue weighted by Crippen LogP contribution is 2.26. The van der Waals surface area contributed by atoms with Gasteiger partial charge in [-0.25, -0.2) is 8.42 Å². The predicted molar refractivity (Wildman–Crippen MR) is 82.9 cm³/mol. The lowest BCUT2D eigenvalue weighted by Crippen LogP contribution is -2.28. The summed E-state index contributed by atoms with van der Waals surface area (Å²) < 4.78 is 28.8. The third kappa shape index (κ3) is 3.46. The van der Waals surface area contributed by atoms with Gasteiger partial charge in [0.2, 0.25) is 10.0 Å². The van der Waals surface area contributed by atoms with Gasteiger partial charge in [0.25, 0.3) is 0 Å². The molecule has 1 aromatic rings. The zero-order valence-electron chi connectivity index (χ0n) is 13.2. The van der Waals surface area contributed by atoms with Crippen LogP contribution in [0.2, 0.25) is 0 Å². The van der Waals surface area contributed by atoms with Gasteiger partial charge in [-0.1, -0.05) is 6.92 Å². The van der Waals surface area contributed by atoms with Crippen LogP contribution in [-0.4, -0.2) is 48.7 Å². The fourth-order valence-corrected chi connectivity index (χ4v) is 4.71. The lowest BCUT2D eigenvalue weighted by Gasteiger charge is -2.15. The molecule has 6 nitrogen and oxygen atoms in total. The van der Waals surface area contributed by atoms with Crippen LogP contribution in [0.1, 0.15) is 37.6 Å². The second-order valence-corrected chi connectivity index (χ2v) is 7.46. The van der Waals surface area contributed by atoms with Crippen molar-refractivity contribution in [2.45, 2.75) is 51.5 Å². The highest BCUT2D eigenvalue weighted by atomic mass is 32.2. The van der Waals surface area contributed by atoms with Crippen molar-refractivity contribution in [1.82, 2.24) is 19.4 Å². The van der Waals surface area contributed by atoms with Crippen molar-refractivity contribution in [2.75, 3.05) is 26.2 Å². The summed E-state index contributed by atoms with van der Waals surface area (Å²) >= 11 is 0. The van der Waals surface area contributed by atoms with E-state index >= 15 is 0 Å². The molecule has 21 heavy (non-hydrogen) atoms. The van der Waals surface area contributed by atoms with E-state index in [0.717, 1.165) is 38.0 Å². The topological polar surface area (TPSA) is 67.2 Å². The highest BCUT2D eigenvalue weighted by molar-refractivity contribution is 7.89. The van der Waals surface area contributed by atoms with E-state index in [1.54, 1.807) is 15.9 Å². The van der Waals surface area contributed by atoms with Crippen molar-refractivity contribution in [1.29, 1.82) is 0 Å². The molecule has 0 aliphatic carbocycles. The van der Waals surface area contributed by atoms with Gasteiger partial charge < -0.3 is 5.32 Å². The maximum absolute atomic E-state index is 12.7. The standard InChI is InChI=1S/C14H26N4O2S/c1-4-7-15-8-11-18-13(3)14(12(2)16-18)21(19,20)17-9-5-6-10-17/h15H,4-11H2,1-3H3. The Bertz CT molecular complexity index is 574. The van der Waals surface area contributed by atoms with E-state index in [1.807, 2.05) is 6.92 Å². The Morgan fingerprint density at radius 3 is 2.48 bits per heavy atom. The summed E-state index contributed by atoms with van der Waals surface area (Å²) in [5.41, 5.74) is 1.35. The van der Waals surface area contributed by atoms with Crippen molar-refractivity contribution in [3.8, 4) is 0 Å². The van der Waals surface area contributed by atoms with E-state index in [9.17, 15) is 8.42 Å². The second-order valence-electron chi connectivity index (χ2n) is 5.58. The van der Waals surface area contributed by atoms with Gasteiger partial charge in [0.15, 0.2) is 0 Å². The molecule has 1 aliphatic rings. The van der Waals surface area contributed by atoms with Gasteiger partial charge in [-0.05, 0) is 39.7 Å². The third-order valence-electron chi connectivity index (χ3n) is 3.91. The van der Waals surface area contributed by atoms with Crippen LogP contribution in [0, 0.1) is 13.8 Å². The van der Waals surface area contributed by atoms with Crippen LogP contribution in [0.5, 0.6) is 0 Å². The molecule has 0 amide bonds. The maximum Gasteiger partial charge on any atom is 0.246 e. The molecule has 2 heterocycles. The summed E-state index contributed by atoms with van der Waals surface area (Å²) in [5, 5.41) is 7.73. The van der Waals surface area contributed by atoms with Gasteiger partial charge in [-0.2, -0.15) is 9.40 Å². The van der Waals surface area contributed by atoms with E-state index in [0.29, 0.717) is 30.2 Å². The van der Waals surface area contributed by atoms with E-state index in [1.165, 1.54) is 0 Å². The average molecular weight is 314 g/mol. The number of nitrogens with zero attached hydrogens (tertiary/aromatic N) is 3. The van der Waals surface area contributed by atoms with E-state index in [2.05, 4.69) is 17.3 Å². The number of hydrogen-bond donors (Lipinski definition) is 1. The van der Waals surface area contributed by atoms with Crippen LogP contribution in [0.4, 0.5) is 0 Å². The molecule has 120 valence electrons. The van der Waals surface area contributed by atoms with Crippen molar-refractivity contribution in [3.05, 3.63) is 11.4 Å². The van der Waals surface area contributed by atoms with Crippen molar-refractivity contribution in [3.63, 3.8) is 0 Å². The summed E-state index contributed by atoms with van der Waals surface area (Å²) in [6.07, 6.45) is 2.99. The summed E-state index contributed by atoms with van der Waals surface area (Å²) in [6, 6.07) is 0. The Labute approximate surface area is 127 Å². The van der Waals surface area contributed by atoms with Crippen LogP contribution in [0.15, 0.2) is 4.90 Å². The molecule has 1 N–H and O–H groups in total. The maximum atomic E-state index is 12.7. The molecule has 1 fully saturated rings. The van der Waals surface area contributed by atoms with Crippen molar-refractivity contribution >= 4 is 10.0 Å². The summed E-state index contributed by atoms with van der Waals surface area (Å²) in [7, 11) is -3.38. The van der Waals surface area contributed by atoms with E-state index < -0.39 is 10.0 Å². The molecule has 7 heteroatoms. The van der Waals surface area contributed by atoms with Crippen molar-refractivity contribution in [2.24, 2.45) is 0 Å². The minimum absolute atomic E-state index is 0.403. The zero-order valence-corrected chi connectivity index (χ0v) is 14.0. The largest absolute Gasteiger partial charge is 0.315 e. The van der Waals surface area contributed by atoms with Gasteiger partial charge in [0.1, 0.15) is 4.90 Å². The van der Waals surface area contributed by atoms with Crippen LogP contribution in [0.25, 0.3) is 0 Å². The van der Waals surface area contributed by atoms with Crippen LogP contribution < -0.4 is 5.32 Å². The first kappa shape index (κ1) is 16.5. The molecule has 1 aliphatic heterocycles. The number of sulfonamides is 1. The molecule has 0 saturated carbocycles. The molecule has 0 radical (unpaired) electrons. The quantitative estimate of drug-likeness (QED) is 0.770. The monoisotopic (exact) mass is 314 g/mol. The first-order valence-corrected chi connectivity index (χ1v) is 9.17. The van der Waals surface area contributed by atoms with Crippen LogP contribution >= 0.6 is 0 Å². The first-order valence-electron chi connectivity index (χ1n) is 7.73. The van der Waals surface area contributed by atoms with Crippen LogP contribution in [-0.2, 0) is 16.6 Å². The van der Waals surface area contributed by atoms with E-state index in [4.69, 9.17) is 0 Å². The van der Waals surface area contributed by atoms with E-state index in [-0.39, 0.29) is 0 Å². The van der Waals surface area contributed by atoms with Gasteiger partial charge in [-0.3, -0.25) is 4.68 Å². The van der Waals surface area contributed by atoms with Crippen LogP contribution in [0.3, 0.4) is 0 Å². The smallest absolute Gasteiger partial charge is 0.246 e. The highest BCUT2D eigenvalue weighted by Gasteiger charge is 2.32. The van der Waals surface area contributed by atoms with Gasteiger partial charge >= 0.3 is 0 Å². The van der Waals surface area contributed by atoms with Gasteiger partial charge in [0, 0.05) is 19.6 Å². The molecular formula is C14H26N4O2S. The Balaban J connectivity index is 2.18. The lowest BCUT2D eigenvalue weighted by atomic mass is 10.4. The number of nitrogens with one attached hydrogen (secondary N) is 1. The summed E-state index contributed by atoms with van der Waals surface area (Å²) in [5.74, 6) is 0. The van der Waals surface area contributed by atoms with Crippen molar-refractivity contribution < 1.29 is 8.42 Å². The predicted octanol–water partition coefficient (Wildman–Crippen LogP) is 1.28. The molecule has 1 saturated heterocycles. The number of hydrogen-bond acceptors (Lipinski definition) is 4. The average Bonchev–Trinajstić information content (AvgIpc) is 3.04. The molecule has 0 spiro atoms. The SMILES string of the molecule is CCCNCCn1nc(C)c(S(=O)(=O)N2CCCC2)c1C. The first-order chi connectivity index (χ1) is 9.98. The molecule has 0 aromatic carbocycles. The van der Waals surface area contributed by atoms with Gasteiger partial charge in [0.05, 0.1) is 17.9 Å². The molecule has 2 rings (SSSR count). The molecular weight excluding hydrogens is 288 g/mol. The number of aryl methyl sites for hydroxylation is 1. The minimum atomic E-state index is -3.38. The zero-order chi connectivity index (χ0) is 15.5. The molecule has 0 bridgehead atoms. The fraction of sp³-hybridized carbons (Fsp3) is 0.786. The Hall–Kier alpha value is -0.920. The Morgan fingerprint density at radius 1 is 1.19 bits per heavy atom. The second kappa shape index (κ2) is 6.89. The summed E-state index contributed by atoms with van der Waals surface area (Å²) in [6.45, 7) is 9.49. The molecule has 0 unspecified atom stereocenters. The summed E-state index contributed by atoms with van der Waals surface area (Å²) in [4.78, 5) is 0.403. The normalized spacial score (nSPS) is 16.7. The Morgan fingerprint density at radius 2 is 1.86 bits per heavy atom. The third-order valence-corrected chi connectivity index (χ3v) is 6.06. The molecule has 1 aromatic heterocycles. The number of aromatic nitrogens is 2. The number of rotatable bonds is 7. The molecule has 0 atom stereocenters. The minimum Gasteiger partial charge on any atom is -0.315 e.